The van der Waals surface area contributed by atoms with Crippen molar-refractivity contribution in [2.75, 3.05) is 27.2 Å². The van der Waals surface area contributed by atoms with E-state index in [1.54, 1.807) is 29.2 Å². The maximum absolute atomic E-state index is 12.5. The quantitative estimate of drug-likeness (QED) is 0.735. The van der Waals surface area contributed by atoms with Crippen LogP contribution in [0.2, 0.25) is 0 Å². The van der Waals surface area contributed by atoms with Gasteiger partial charge in [-0.25, -0.2) is 17.5 Å². The molecule has 9 heteroatoms. The monoisotopic (exact) mass is 439 g/mol. The van der Waals surface area contributed by atoms with Crippen LogP contribution in [0.25, 0.3) is 0 Å². The summed E-state index contributed by atoms with van der Waals surface area (Å²) in [5, 5.41) is 2.84. The summed E-state index contributed by atoms with van der Waals surface area (Å²) in [7, 11) is -0.616. The van der Waals surface area contributed by atoms with Gasteiger partial charge in [0.2, 0.25) is 15.9 Å². The summed E-state index contributed by atoms with van der Waals surface area (Å²) in [6, 6.07) is 6.67. The molecule has 1 aromatic rings. The summed E-state index contributed by atoms with van der Waals surface area (Å²) >= 11 is 0. The van der Waals surface area contributed by atoms with Crippen molar-refractivity contribution in [1.82, 2.24) is 14.5 Å². The van der Waals surface area contributed by atoms with Crippen LogP contribution in [-0.4, -0.2) is 62.4 Å². The van der Waals surface area contributed by atoms with Gasteiger partial charge >= 0.3 is 6.09 Å². The molecular weight excluding hydrogens is 406 g/mol. The topological polar surface area (TPSA) is 96.0 Å². The van der Waals surface area contributed by atoms with Crippen molar-refractivity contribution in [2.45, 2.75) is 57.1 Å². The number of carbonyl (C=O) groups excluding carboxylic acids is 2. The fourth-order valence-electron chi connectivity index (χ4n) is 3.27. The molecule has 2 amide bonds. The lowest BCUT2D eigenvalue weighted by atomic mass is 9.93. The number of benzene rings is 1. The van der Waals surface area contributed by atoms with E-state index in [0.717, 1.165) is 17.1 Å². The predicted molar refractivity (Wildman–Crippen MR) is 114 cm³/mol. The van der Waals surface area contributed by atoms with Crippen LogP contribution >= 0.6 is 0 Å². The van der Waals surface area contributed by atoms with Gasteiger partial charge in [-0.1, -0.05) is 18.2 Å². The van der Waals surface area contributed by atoms with E-state index in [0.29, 0.717) is 25.1 Å². The minimum Gasteiger partial charge on any atom is -0.444 e. The number of rotatable bonds is 6. The summed E-state index contributed by atoms with van der Waals surface area (Å²) in [5.41, 5.74) is 0.0313. The molecule has 0 spiro atoms. The fourth-order valence-corrected chi connectivity index (χ4v) is 4.39. The van der Waals surface area contributed by atoms with Gasteiger partial charge in [0.1, 0.15) is 5.60 Å². The second-order valence-corrected chi connectivity index (χ2v) is 10.9. The number of amides is 2. The van der Waals surface area contributed by atoms with Crippen LogP contribution < -0.4 is 5.32 Å². The number of likely N-dealkylation sites (tertiary alicyclic amines) is 1. The lowest BCUT2D eigenvalue weighted by Gasteiger charge is -2.33. The van der Waals surface area contributed by atoms with Crippen LogP contribution in [0.5, 0.6) is 0 Å². The molecule has 0 radical (unpaired) electrons. The molecule has 0 aliphatic carbocycles. The van der Waals surface area contributed by atoms with Crippen LogP contribution in [0.4, 0.5) is 4.79 Å². The van der Waals surface area contributed by atoms with E-state index in [-0.39, 0.29) is 29.4 Å². The molecule has 0 unspecified atom stereocenters. The van der Waals surface area contributed by atoms with Gasteiger partial charge in [-0.2, -0.15) is 0 Å². The largest absolute Gasteiger partial charge is 0.444 e. The van der Waals surface area contributed by atoms with Gasteiger partial charge in [-0.15, -0.1) is 0 Å². The number of nitrogens with one attached hydrogen (secondary N) is 1. The number of piperidine rings is 1. The Labute approximate surface area is 179 Å². The zero-order valence-electron chi connectivity index (χ0n) is 18.5. The Balaban J connectivity index is 1.85. The molecule has 2 rings (SSSR count). The molecule has 1 N–H and O–H groups in total. The molecule has 1 heterocycles. The first-order valence-corrected chi connectivity index (χ1v) is 11.6. The second kappa shape index (κ2) is 9.78. The summed E-state index contributed by atoms with van der Waals surface area (Å²) < 4.78 is 31.5. The summed E-state index contributed by atoms with van der Waals surface area (Å²) in [4.78, 5) is 26.4. The van der Waals surface area contributed by atoms with E-state index in [1.165, 1.54) is 14.1 Å². The van der Waals surface area contributed by atoms with Crippen molar-refractivity contribution in [1.29, 1.82) is 0 Å². The van der Waals surface area contributed by atoms with E-state index < -0.39 is 15.6 Å². The molecule has 0 saturated carbocycles. The first-order chi connectivity index (χ1) is 13.9. The van der Waals surface area contributed by atoms with Gasteiger partial charge in [-0.05, 0) is 51.2 Å². The number of nitrogens with zero attached hydrogens (tertiary/aromatic N) is 2. The van der Waals surface area contributed by atoms with E-state index in [9.17, 15) is 18.0 Å². The highest BCUT2D eigenvalue weighted by atomic mass is 32.2. The molecule has 1 aromatic carbocycles. The molecule has 0 atom stereocenters. The third-order valence-electron chi connectivity index (χ3n) is 4.95. The maximum atomic E-state index is 12.5. The summed E-state index contributed by atoms with van der Waals surface area (Å²) in [5.74, 6) is 0.0622. The minimum atomic E-state index is -3.58. The van der Waals surface area contributed by atoms with Crippen LogP contribution in [0, 0.1) is 5.92 Å². The molecular formula is C21H33N3O5S. The Hall–Kier alpha value is -2.13. The Morgan fingerprint density at radius 2 is 1.77 bits per heavy atom. The van der Waals surface area contributed by atoms with Crippen LogP contribution in [0.3, 0.4) is 0 Å². The zero-order chi connectivity index (χ0) is 22.5. The Morgan fingerprint density at radius 1 is 1.17 bits per heavy atom. The van der Waals surface area contributed by atoms with Crippen molar-refractivity contribution in [3.8, 4) is 0 Å². The average Bonchev–Trinajstić information content (AvgIpc) is 2.65. The third-order valence-corrected chi connectivity index (χ3v) is 6.86. The van der Waals surface area contributed by atoms with Crippen molar-refractivity contribution in [2.24, 2.45) is 5.92 Å². The zero-order valence-corrected chi connectivity index (χ0v) is 19.3. The highest BCUT2D eigenvalue weighted by Crippen LogP contribution is 2.23. The normalized spacial score (nSPS) is 15.9. The Bertz CT molecular complexity index is 854. The van der Waals surface area contributed by atoms with Crippen molar-refractivity contribution in [3.63, 3.8) is 0 Å². The number of carbonyl (C=O) groups is 2. The molecule has 1 aliphatic rings. The highest BCUT2D eigenvalue weighted by Gasteiger charge is 2.28. The fraction of sp³-hybridized carbons (Fsp3) is 0.619. The maximum Gasteiger partial charge on any atom is 0.410 e. The lowest BCUT2D eigenvalue weighted by Crippen LogP contribution is -2.42. The number of hydrogen-bond acceptors (Lipinski definition) is 5. The molecule has 168 valence electrons. The number of ether oxygens (including phenoxy) is 1. The Morgan fingerprint density at radius 3 is 2.33 bits per heavy atom. The highest BCUT2D eigenvalue weighted by molar-refractivity contribution is 7.89. The molecule has 0 aromatic heterocycles. The van der Waals surface area contributed by atoms with Gasteiger partial charge in [0, 0.05) is 40.2 Å². The molecule has 30 heavy (non-hydrogen) atoms. The smallest absolute Gasteiger partial charge is 0.410 e. The van der Waals surface area contributed by atoms with E-state index >= 15 is 0 Å². The summed E-state index contributed by atoms with van der Waals surface area (Å²) in [6.45, 7) is 6.80. The number of sulfonamides is 1. The van der Waals surface area contributed by atoms with Gasteiger partial charge < -0.3 is 15.0 Å². The standard InChI is InChI=1S/C21H33N3O5S/c1-21(2,3)29-20(26)24-12-10-16(11-13-24)14-19(25)22-15-17-8-6-7-9-18(17)30(27,28)23(4)5/h6-9,16H,10-15H2,1-5H3,(H,22,25). The Kier molecular flexibility index (Phi) is 7.87. The van der Waals surface area contributed by atoms with Crippen molar-refractivity contribution in [3.05, 3.63) is 29.8 Å². The molecule has 1 saturated heterocycles. The van der Waals surface area contributed by atoms with Gasteiger partial charge in [0.05, 0.1) is 4.90 Å². The first-order valence-electron chi connectivity index (χ1n) is 10.1. The summed E-state index contributed by atoms with van der Waals surface area (Å²) in [6.07, 6.45) is 1.51. The number of hydrogen-bond donors (Lipinski definition) is 1. The predicted octanol–water partition coefficient (Wildman–Crippen LogP) is 2.59. The van der Waals surface area contributed by atoms with E-state index in [4.69, 9.17) is 4.74 Å². The third kappa shape index (κ3) is 6.70. The van der Waals surface area contributed by atoms with Crippen molar-refractivity contribution >= 4 is 22.0 Å². The lowest BCUT2D eigenvalue weighted by molar-refractivity contribution is -0.122. The first kappa shape index (κ1) is 24.1. The molecule has 0 bridgehead atoms. The average molecular weight is 440 g/mol. The molecule has 8 nitrogen and oxygen atoms in total. The molecule has 1 aliphatic heterocycles. The SMILES string of the molecule is CN(C)S(=O)(=O)c1ccccc1CNC(=O)CC1CCN(C(=O)OC(C)(C)C)CC1. The van der Waals surface area contributed by atoms with Crippen LogP contribution in [0.15, 0.2) is 29.2 Å². The molecule has 1 fully saturated rings. The van der Waals surface area contributed by atoms with Crippen LogP contribution in [0.1, 0.15) is 45.6 Å². The van der Waals surface area contributed by atoms with Gasteiger partial charge in [0.15, 0.2) is 0 Å². The van der Waals surface area contributed by atoms with Gasteiger partial charge in [0.25, 0.3) is 0 Å². The van der Waals surface area contributed by atoms with Crippen LogP contribution in [-0.2, 0) is 26.1 Å². The van der Waals surface area contributed by atoms with E-state index in [2.05, 4.69) is 5.32 Å². The minimum absolute atomic E-state index is 0.122. The van der Waals surface area contributed by atoms with Gasteiger partial charge in [-0.3, -0.25) is 4.79 Å². The van der Waals surface area contributed by atoms with E-state index in [1.807, 2.05) is 20.8 Å². The van der Waals surface area contributed by atoms with Crippen molar-refractivity contribution < 1.29 is 22.7 Å². The second-order valence-electron chi connectivity index (χ2n) is 8.79.